The Kier molecular flexibility index (Phi) is 33.5. The number of ether oxygens (including phenoxy) is 8. The summed E-state index contributed by atoms with van der Waals surface area (Å²) in [7, 11) is 0. The van der Waals surface area contributed by atoms with Crippen molar-refractivity contribution < 1.29 is 139 Å². The predicted octanol–water partition coefficient (Wildman–Crippen LogP) is -0.808. The lowest BCUT2D eigenvalue weighted by Gasteiger charge is -2.39. The van der Waals surface area contributed by atoms with Gasteiger partial charge in [0.1, 0.15) is 129 Å². The number of carbonyl (C=O) groups excluding carboxylic acids is 4. The van der Waals surface area contributed by atoms with E-state index in [9.17, 15) is 120 Å². The van der Waals surface area contributed by atoms with E-state index in [4.69, 9.17) is 37.9 Å². The molecule has 48 nitrogen and oxygen atoms in total. The minimum absolute atomic E-state index is 0.0310. The molecule has 0 saturated carbocycles. The number of aryl methyl sites for hydroxylation is 4. The summed E-state index contributed by atoms with van der Waals surface area (Å²) in [6.07, 6.45) is -22.9. The van der Waals surface area contributed by atoms with Crippen LogP contribution in [0.5, 0.6) is 0 Å². The zero-order chi connectivity index (χ0) is 105. The van der Waals surface area contributed by atoms with E-state index < -0.39 is 197 Å². The molecule has 20 rings (SSSR count). The molecule has 20 atom stereocenters. The van der Waals surface area contributed by atoms with Crippen molar-refractivity contribution in [1.29, 1.82) is 0 Å². The summed E-state index contributed by atoms with van der Waals surface area (Å²) in [4.78, 5) is 138. The zero-order valence-corrected chi connectivity index (χ0v) is 83.2. The number of hydrogen-bond donors (Lipinski definition) is 16. The van der Waals surface area contributed by atoms with E-state index in [0.717, 1.165) is 63.1 Å². The van der Waals surface area contributed by atoms with Gasteiger partial charge in [-0.15, -0.1) is 45.3 Å². The van der Waals surface area contributed by atoms with Crippen molar-refractivity contribution in [3.05, 3.63) is 226 Å². The molecule has 0 spiro atoms. The Morgan fingerprint density at radius 2 is 0.588 bits per heavy atom. The van der Waals surface area contributed by atoms with Gasteiger partial charge >= 0.3 is 23.9 Å². The third-order valence-electron chi connectivity index (χ3n) is 24.5. The first kappa shape index (κ1) is 107. The van der Waals surface area contributed by atoms with Gasteiger partial charge in [0.05, 0.1) is 165 Å². The van der Waals surface area contributed by atoms with Crippen molar-refractivity contribution in [3.63, 3.8) is 0 Å². The largest absolute Gasteiger partial charge is 0.465 e. The second-order valence-corrected chi connectivity index (χ2v) is 41.1. The van der Waals surface area contributed by atoms with Crippen molar-refractivity contribution in [2.24, 2.45) is 11.8 Å². The molecular weight excluding hydrogens is 2060 g/mol. The normalized spacial score (nSPS) is 24.0. The fourth-order valence-electron chi connectivity index (χ4n) is 16.7. The Balaban J connectivity index is 0.000000135. The first-order valence-electron chi connectivity index (χ1n) is 45.7. The number of rotatable bonds is 26. The summed E-state index contributed by atoms with van der Waals surface area (Å²) in [5.41, 5.74) is 7.39. The number of benzene rings is 4. The summed E-state index contributed by atoms with van der Waals surface area (Å²) in [5, 5.41) is 186. The van der Waals surface area contributed by atoms with E-state index >= 15 is 0 Å². The minimum Gasteiger partial charge on any atom is -0.465 e. The van der Waals surface area contributed by atoms with E-state index in [2.05, 4.69) is 60.3 Å². The zero-order valence-electron chi connectivity index (χ0n) is 78.3. The second-order valence-electron chi connectivity index (χ2n) is 35.2. The van der Waals surface area contributed by atoms with Crippen LogP contribution < -0.4 is 22.2 Å². The fraction of sp³-hybridized carbons (Fsp3) is 0.404. The minimum atomic E-state index is -1.75. The first-order chi connectivity index (χ1) is 70.9. The number of hydrogen-bond acceptors (Lipinski definition) is 50. The number of nitrogens with zero attached hydrogens (tertiary/aromatic N) is 16. The van der Waals surface area contributed by atoms with E-state index in [-0.39, 0.29) is 96.4 Å². The molecule has 16 N–H and O–H groups in total. The van der Waals surface area contributed by atoms with Crippen LogP contribution in [0, 0.1) is 39.5 Å². The van der Waals surface area contributed by atoms with Gasteiger partial charge in [-0.3, -0.25) is 48.3 Å². The van der Waals surface area contributed by atoms with Gasteiger partial charge in [0, 0.05) is 57.1 Å². The van der Waals surface area contributed by atoms with Crippen molar-refractivity contribution in [2.45, 2.75) is 190 Å². The van der Waals surface area contributed by atoms with Gasteiger partial charge in [-0.2, -0.15) is 43.1 Å². The maximum Gasteiger partial charge on any atom is 0.312 e. The van der Waals surface area contributed by atoms with Gasteiger partial charge in [-0.25, -0.2) is 48.6 Å². The monoisotopic (exact) mass is 2150 g/mol. The number of aromatic nitrogens is 16. The Labute approximate surface area is 856 Å². The van der Waals surface area contributed by atoms with Crippen LogP contribution in [-0.4, -0.2) is 335 Å². The van der Waals surface area contributed by atoms with Gasteiger partial charge in [-0.1, -0.05) is 24.3 Å². The second kappa shape index (κ2) is 46.4. The average molecular weight is 2150 g/mol. The molecule has 4 unspecified atom stereocenters. The lowest BCUT2D eigenvalue weighted by atomic mass is 9.90. The number of thiophene rings is 2. The number of thiazole rings is 4. The Bertz CT molecular complexity index is 7850. The standard InChI is InChI=1S/C24H25N5O8S.C24H25N3O8S2.C23H23N5O8S.C23H23N3O8S2/c1-11-2-3-16-13(6-11)27-17(38-16)8-29-23(34)20-19(25-4-5-26-20)14(28-29)7-18(31)36-10-12-21(32)15(9-30)37-24(35)22(12)33;1-11-2-3-18-16(4-11)25-19(37-18)6-27-23(32)14-10-36-9-13(14)15(26-27)5-20(29)34-8-12-21(30)17(7-28)35-24(33)22(12)31;1-10-2-3-14-11(6-10)26-15(37-14)8-28-22(33)18-17(24-4-5-25-18)12(27-28)7-16(29)35-9-13-19(30)20(31)21(32)23(34)36-13;1-10-2-3-16-14(4-10)24-17(36-16)6-26-22(31)12-9-35-8-11(12)13(25-26)5-18(27)33-7-15-19(28)20(29)21(30)23(32)34-15/h2-6,12,15,21-22,24,30,32-33,35H,7-10H2,1H3;2-4,9-10,12,17,21-22,24,28,30-31,33H,5-8H2,1H3;2-6,13,19-21,23,30-32,34H,7-9H2,1H3;2-4,8-9,15,19-21,23,28-30,32H,5-7H2,1H3/t12?,15-,21+,22-,24-;12?,17-,21+,22-,24-;13?,19-,20+,21-,23+;15?,19-,20+,21-,23+/m1111/s1. The predicted molar refractivity (Wildman–Crippen MR) is 528 cm³/mol. The van der Waals surface area contributed by atoms with Gasteiger partial charge < -0.3 is 120 Å². The molecule has 16 aromatic rings. The van der Waals surface area contributed by atoms with Crippen LogP contribution in [0.25, 0.3) is 84.5 Å². The smallest absolute Gasteiger partial charge is 0.312 e. The van der Waals surface area contributed by atoms with Crippen LogP contribution in [0.1, 0.15) is 65.1 Å². The first-order valence-corrected chi connectivity index (χ1v) is 50.8. The van der Waals surface area contributed by atoms with Crippen molar-refractivity contribution in [1.82, 2.24) is 79.0 Å². The van der Waals surface area contributed by atoms with Gasteiger partial charge in [0.2, 0.25) is 0 Å². The number of esters is 4. The van der Waals surface area contributed by atoms with Crippen molar-refractivity contribution in [2.75, 3.05) is 39.6 Å². The van der Waals surface area contributed by atoms with Crippen molar-refractivity contribution >= 4 is 176 Å². The molecule has 0 radical (unpaired) electrons. The molecule has 54 heteroatoms. The molecule has 4 fully saturated rings. The van der Waals surface area contributed by atoms with Gasteiger partial charge in [-0.05, 0) is 98.5 Å². The molecule has 0 amide bonds. The number of aliphatic hydroxyl groups is 16. The third kappa shape index (κ3) is 23.9. The van der Waals surface area contributed by atoms with Crippen LogP contribution >= 0.6 is 68.0 Å². The molecule has 0 bridgehead atoms. The Morgan fingerprint density at radius 1 is 0.318 bits per heavy atom. The summed E-state index contributed by atoms with van der Waals surface area (Å²) in [6.45, 7) is 5.31. The average Bonchev–Trinajstić information content (AvgIpc) is 1.44. The van der Waals surface area contributed by atoms with Crippen LogP contribution in [0.2, 0.25) is 0 Å². The Morgan fingerprint density at radius 3 is 0.905 bits per heavy atom. The van der Waals surface area contributed by atoms with Gasteiger partial charge in [0.15, 0.2) is 36.2 Å². The number of fused-ring (bicyclic) bond motifs is 8. The molecule has 4 aliphatic rings. The molecule has 4 saturated heterocycles. The van der Waals surface area contributed by atoms with E-state index in [1.54, 1.807) is 21.5 Å². The molecule has 4 aromatic carbocycles. The van der Waals surface area contributed by atoms with Crippen LogP contribution in [0.15, 0.2) is 138 Å². The van der Waals surface area contributed by atoms with Crippen molar-refractivity contribution in [3.8, 4) is 0 Å². The highest BCUT2D eigenvalue weighted by Crippen LogP contribution is 2.34. The van der Waals surface area contributed by atoms with Crippen LogP contribution in [0.3, 0.4) is 0 Å². The lowest BCUT2D eigenvalue weighted by Crippen LogP contribution is -2.58. The van der Waals surface area contributed by atoms with Crippen LogP contribution in [-0.2, 0) is 109 Å². The summed E-state index contributed by atoms with van der Waals surface area (Å²) in [6, 6.07) is 23.7. The van der Waals surface area contributed by atoms with E-state index in [1.807, 2.05) is 100 Å². The lowest BCUT2D eigenvalue weighted by molar-refractivity contribution is -0.287. The summed E-state index contributed by atoms with van der Waals surface area (Å²) >= 11 is 8.42. The topological polar surface area (TPSA) is 708 Å². The molecule has 12 aromatic heterocycles. The van der Waals surface area contributed by atoms with Gasteiger partial charge in [0.25, 0.3) is 22.2 Å². The summed E-state index contributed by atoms with van der Waals surface area (Å²) in [5.74, 6) is -5.11. The Hall–Kier alpha value is -12.4. The molecule has 148 heavy (non-hydrogen) atoms. The maximum absolute atomic E-state index is 13.1. The molecule has 16 heterocycles. The highest BCUT2D eigenvalue weighted by molar-refractivity contribution is 7.19. The quantitative estimate of drug-likeness (QED) is 0.0233. The molecule has 4 aliphatic heterocycles. The highest BCUT2D eigenvalue weighted by Gasteiger charge is 2.48. The SMILES string of the molecule is Cc1ccc2sc(Cn3nc(CC(=O)OCC4O[C@H](O)[C@H](O)[C@@H](O)[C@@H]4O)c4cscc4c3=O)nc2c1.Cc1ccc2sc(Cn3nc(CC(=O)OCC4O[C@H](O)[C@H](O)[C@@H](O)[C@@H]4O)c4nccnc4c3=O)nc2c1.Cc1ccc2sc(Cn3nc(CC(=O)OCC4[C@@H](O)[C@H](O)O[C@H](CO)[C@H]4O)c4cscc4c3=O)nc2c1.Cc1ccc2sc(Cn3nc(CC(=O)OCC4[C@@H](O)[C@H](O)O[C@H](CO)[C@H]4O)c4nccnc4c3=O)nc2c1. The van der Waals surface area contributed by atoms with E-state index in [0.29, 0.717) is 53.0 Å². The molecular formula is C94H96N16O32S6. The fourth-order valence-corrected chi connectivity index (χ4v) is 22.1. The molecule has 780 valence electrons. The van der Waals surface area contributed by atoms with Crippen LogP contribution in [0.4, 0.5) is 0 Å². The summed E-state index contributed by atoms with van der Waals surface area (Å²) < 4.78 is 49.7. The van der Waals surface area contributed by atoms with E-state index in [1.165, 1.54) is 112 Å². The third-order valence-corrected chi connectivity index (χ3v) is 30.1. The molecule has 0 aliphatic carbocycles. The number of carbonyl (C=O) groups is 4. The highest BCUT2D eigenvalue weighted by atomic mass is 32.1. The number of aliphatic hydroxyl groups excluding tert-OH is 16. The maximum atomic E-state index is 13.1.